The molecule has 0 atom stereocenters. The van der Waals surface area contributed by atoms with E-state index in [-0.39, 0.29) is 0 Å². The minimum atomic E-state index is 0.733. The molecule has 84 valence electrons. The Balaban J connectivity index is 1.84. The molecule has 2 heterocycles. The summed E-state index contributed by atoms with van der Waals surface area (Å²) >= 11 is 5.21. The number of pyridine rings is 1. The van der Waals surface area contributed by atoms with Crippen molar-refractivity contribution in [2.24, 2.45) is 0 Å². The van der Waals surface area contributed by atoms with E-state index in [1.807, 2.05) is 6.07 Å². The fourth-order valence-electron chi connectivity index (χ4n) is 1.34. The Bertz CT molecular complexity index is 470. The molecule has 3 N–H and O–H groups in total. The number of thiophene rings is 1. The highest BCUT2D eigenvalue weighted by molar-refractivity contribution is 9.11. The SMILES string of the molecule is Nc1ccnc(NCCc2ccc(Br)s2)c1. The summed E-state index contributed by atoms with van der Waals surface area (Å²) in [5.74, 6) is 0.829. The lowest BCUT2D eigenvalue weighted by Crippen LogP contribution is -2.05. The fraction of sp³-hybridized carbons (Fsp3) is 0.182. The molecule has 3 nitrogen and oxygen atoms in total. The molecule has 0 aliphatic rings. The number of nitrogens with two attached hydrogens (primary N) is 1. The average molecular weight is 298 g/mol. The van der Waals surface area contributed by atoms with Gasteiger partial charge in [-0.3, -0.25) is 0 Å². The van der Waals surface area contributed by atoms with Crippen molar-refractivity contribution in [1.82, 2.24) is 4.98 Å². The molecule has 0 aromatic carbocycles. The van der Waals surface area contributed by atoms with Crippen LogP contribution in [0.25, 0.3) is 0 Å². The normalized spacial score (nSPS) is 10.3. The minimum Gasteiger partial charge on any atom is -0.399 e. The van der Waals surface area contributed by atoms with Gasteiger partial charge in [0, 0.05) is 29.4 Å². The summed E-state index contributed by atoms with van der Waals surface area (Å²) in [6.07, 6.45) is 2.70. The van der Waals surface area contributed by atoms with E-state index in [0.717, 1.165) is 24.5 Å². The van der Waals surface area contributed by atoms with Crippen LogP contribution in [0.15, 0.2) is 34.2 Å². The molecule has 2 aromatic rings. The monoisotopic (exact) mass is 297 g/mol. The molecule has 2 rings (SSSR count). The molecule has 16 heavy (non-hydrogen) atoms. The van der Waals surface area contributed by atoms with E-state index >= 15 is 0 Å². The van der Waals surface area contributed by atoms with Crippen molar-refractivity contribution in [1.29, 1.82) is 0 Å². The maximum absolute atomic E-state index is 5.66. The van der Waals surface area contributed by atoms with E-state index in [1.54, 1.807) is 23.6 Å². The predicted molar refractivity (Wildman–Crippen MR) is 72.9 cm³/mol. The van der Waals surface area contributed by atoms with Gasteiger partial charge in [0.25, 0.3) is 0 Å². The van der Waals surface area contributed by atoms with Crippen molar-refractivity contribution in [3.8, 4) is 0 Å². The minimum absolute atomic E-state index is 0.733. The number of halogens is 1. The summed E-state index contributed by atoms with van der Waals surface area (Å²) in [6.45, 7) is 0.864. The van der Waals surface area contributed by atoms with Crippen LogP contribution >= 0.6 is 27.3 Å². The standard InChI is InChI=1S/C11H12BrN3S/c12-10-2-1-9(16-10)4-6-15-11-7-8(13)3-5-14-11/h1-3,5,7H,4,6H2,(H3,13,14,15). The van der Waals surface area contributed by atoms with Crippen molar-refractivity contribution in [2.45, 2.75) is 6.42 Å². The first kappa shape index (κ1) is 11.4. The Kier molecular flexibility index (Phi) is 3.79. The molecule has 0 aliphatic heterocycles. The van der Waals surface area contributed by atoms with Crippen LogP contribution in [0.4, 0.5) is 11.5 Å². The second-order valence-corrected chi connectivity index (χ2v) is 5.90. The lowest BCUT2D eigenvalue weighted by Gasteiger charge is -2.04. The first-order valence-corrected chi connectivity index (χ1v) is 6.54. The zero-order chi connectivity index (χ0) is 11.4. The Morgan fingerprint density at radius 1 is 1.38 bits per heavy atom. The van der Waals surface area contributed by atoms with Gasteiger partial charge in [-0.1, -0.05) is 0 Å². The third-order valence-corrected chi connectivity index (χ3v) is 3.77. The van der Waals surface area contributed by atoms with Gasteiger partial charge < -0.3 is 11.1 Å². The maximum atomic E-state index is 5.66. The number of rotatable bonds is 4. The van der Waals surface area contributed by atoms with Gasteiger partial charge in [0.15, 0.2) is 0 Å². The van der Waals surface area contributed by atoms with E-state index < -0.39 is 0 Å². The van der Waals surface area contributed by atoms with E-state index in [4.69, 9.17) is 5.73 Å². The smallest absolute Gasteiger partial charge is 0.127 e. The van der Waals surface area contributed by atoms with Crippen LogP contribution in [0.2, 0.25) is 0 Å². The summed E-state index contributed by atoms with van der Waals surface area (Å²) in [7, 11) is 0. The largest absolute Gasteiger partial charge is 0.399 e. The third kappa shape index (κ3) is 3.21. The number of nitrogens with one attached hydrogen (secondary N) is 1. The van der Waals surface area contributed by atoms with Gasteiger partial charge in [-0.15, -0.1) is 11.3 Å². The average Bonchev–Trinajstić information content (AvgIpc) is 2.64. The lowest BCUT2D eigenvalue weighted by molar-refractivity contribution is 1.03. The van der Waals surface area contributed by atoms with E-state index in [2.05, 4.69) is 38.4 Å². The van der Waals surface area contributed by atoms with Crippen LogP contribution in [0.5, 0.6) is 0 Å². The van der Waals surface area contributed by atoms with Crippen LogP contribution < -0.4 is 11.1 Å². The van der Waals surface area contributed by atoms with Gasteiger partial charge >= 0.3 is 0 Å². The highest BCUT2D eigenvalue weighted by atomic mass is 79.9. The highest BCUT2D eigenvalue weighted by Gasteiger charge is 1.98. The summed E-state index contributed by atoms with van der Waals surface area (Å²) in [4.78, 5) is 5.53. The molecule has 0 spiro atoms. The van der Waals surface area contributed by atoms with Gasteiger partial charge in [0.2, 0.25) is 0 Å². The van der Waals surface area contributed by atoms with Crippen LogP contribution in [-0.2, 0) is 6.42 Å². The van der Waals surface area contributed by atoms with Crippen LogP contribution in [0.3, 0.4) is 0 Å². The van der Waals surface area contributed by atoms with Crippen molar-refractivity contribution in [2.75, 3.05) is 17.6 Å². The van der Waals surface area contributed by atoms with E-state index in [9.17, 15) is 0 Å². The van der Waals surface area contributed by atoms with Crippen LogP contribution in [0, 0.1) is 0 Å². The molecule has 2 aromatic heterocycles. The first-order chi connectivity index (χ1) is 7.74. The summed E-state index contributed by atoms with van der Waals surface area (Å²) in [5, 5.41) is 3.24. The van der Waals surface area contributed by atoms with E-state index in [1.165, 1.54) is 8.66 Å². The van der Waals surface area contributed by atoms with Gasteiger partial charge in [-0.05, 0) is 40.5 Å². The molecule has 0 unspecified atom stereocenters. The van der Waals surface area contributed by atoms with Crippen molar-refractivity contribution >= 4 is 38.8 Å². The highest BCUT2D eigenvalue weighted by Crippen LogP contribution is 2.22. The Labute approximate surface area is 107 Å². The lowest BCUT2D eigenvalue weighted by atomic mass is 10.3. The molecule has 0 bridgehead atoms. The molecule has 0 fully saturated rings. The maximum Gasteiger partial charge on any atom is 0.127 e. The van der Waals surface area contributed by atoms with Crippen LogP contribution in [0.1, 0.15) is 4.88 Å². The van der Waals surface area contributed by atoms with Gasteiger partial charge in [-0.2, -0.15) is 0 Å². The molecular formula is C11H12BrN3S. The zero-order valence-corrected chi connectivity index (χ0v) is 11.0. The van der Waals surface area contributed by atoms with Gasteiger partial charge in [-0.25, -0.2) is 4.98 Å². The zero-order valence-electron chi connectivity index (χ0n) is 8.61. The van der Waals surface area contributed by atoms with Crippen molar-refractivity contribution < 1.29 is 0 Å². The topological polar surface area (TPSA) is 50.9 Å². The van der Waals surface area contributed by atoms with Crippen molar-refractivity contribution in [3.63, 3.8) is 0 Å². The molecule has 0 amide bonds. The van der Waals surface area contributed by atoms with Gasteiger partial charge in [0.1, 0.15) is 5.82 Å². The molecule has 0 radical (unpaired) electrons. The number of nitrogen functional groups attached to an aromatic ring is 1. The Morgan fingerprint density at radius 2 is 2.25 bits per heavy atom. The molecule has 5 heteroatoms. The fourth-order valence-corrected chi connectivity index (χ4v) is 2.83. The predicted octanol–water partition coefficient (Wildman–Crippen LogP) is 3.14. The quantitative estimate of drug-likeness (QED) is 0.911. The summed E-state index contributed by atoms with van der Waals surface area (Å²) in [5.41, 5.74) is 6.39. The first-order valence-electron chi connectivity index (χ1n) is 4.93. The Morgan fingerprint density at radius 3 is 2.94 bits per heavy atom. The van der Waals surface area contributed by atoms with E-state index in [0.29, 0.717) is 0 Å². The molecule has 0 aliphatic carbocycles. The van der Waals surface area contributed by atoms with Gasteiger partial charge in [0.05, 0.1) is 3.79 Å². The number of aromatic nitrogens is 1. The number of anilines is 2. The second kappa shape index (κ2) is 5.32. The molecule has 0 saturated carbocycles. The molecule has 0 saturated heterocycles. The summed E-state index contributed by atoms with van der Waals surface area (Å²) < 4.78 is 1.17. The van der Waals surface area contributed by atoms with Crippen molar-refractivity contribution in [3.05, 3.63) is 39.1 Å². The molecular weight excluding hydrogens is 286 g/mol. The summed E-state index contributed by atoms with van der Waals surface area (Å²) in [6, 6.07) is 7.81. The Hall–Kier alpha value is -1.07. The number of hydrogen-bond donors (Lipinski definition) is 2. The van der Waals surface area contributed by atoms with Crippen LogP contribution in [-0.4, -0.2) is 11.5 Å². The third-order valence-electron chi connectivity index (χ3n) is 2.09. The second-order valence-electron chi connectivity index (χ2n) is 3.36. The number of hydrogen-bond acceptors (Lipinski definition) is 4. The number of nitrogens with zero attached hydrogens (tertiary/aromatic N) is 1.